The first-order valence-corrected chi connectivity index (χ1v) is 2.00. The van der Waals surface area contributed by atoms with Crippen LogP contribution in [-0.2, 0) is 0 Å². The molecule has 0 unspecified atom stereocenters. The van der Waals surface area contributed by atoms with Crippen LogP contribution in [0.5, 0.6) is 0 Å². The Kier molecular flexibility index (Phi) is 4.26. The second kappa shape index (κ2) is 4.58. The fourth-order valence-corrected chi connectivity index (χ4v) is 0.190. The Balaban J connectivity index is 3.17. The Morgan fingerprint density at radius 2 is 2.33 bits per heavy atom. The van der Waals surface area contributed by atoms with Crippen molar-refractivity contribution in [3.63, 3.8) is 0 Å². The molecule has 0 radical (unpaired) electrons. The molecular formula is C4H6NP. The monoisotopic (exact) mass is 99.0 g/mol. The van der Waals surface area contributed by atoms with Gasteiger partial charge in [0.1, 0.15) is 0 Å². The van der Waals surface area contributed by atoms with E-state index < -0.39 is 0 Å². The van der Waals surface area contributed by atoms with Crippen LogP contribution in [0.15, 0.2) is 29.7 Å². The van der Waals surface area contributed by atoms with Crippen molar-refractivity contribution in [1.82, 2.24) is 0 Å². The van der Waals surface area contributed by atoms with Crippen molar-refractivity contribution in [1.29, 1.82) is 0 Å². The minimum atomic E-state index is 1.60. The molecular weight excluding hydrogens is 93.0 g/mol. The second-order valence-electron chi connectivity index (χ2n) is 0.706. The van der Waals surface area contributed by atoms with Crippen LogP contribution in [0, 0.1) is 0 Å². The molecule has 32 valence electrons. The molecule has 0 fully saturated rings. The van der Waals surface area contributed by atoms with Crippen LogP contribution in [-0.4, -0.2) is 0 Å². The summed E-state index contributed by atoms with van der Waals surface area (Å²) >= 11 is 0. The van der Waals surface area contributed by atoms with Gasteiger partial charge in [0.25, 0.3) is 0 Å². The third-order valence-corrected chi connectivity index (χ3v) is 0.446. The van der Waals surface area contributed by atoms with Crippen molar-refractivity contribution in [2.75, 3.05) is 0 Å². The lowest BCUT2D eigenvalue weighted by Gasteiger charge is -1.60. The standard InChI is InChI=1S/C4H6NP/c1-2-3-4-5-6/h2-4,6H,1H2/b4-3+. The van der Waals surface area contributed by atoms with Crippen molar-refractivity contribution in [3.05, 3.63) is 24.9 Å². The van der Waals surface area contributed by atoms with Gasteiger partial charge in [-0.3, -0.25) is 0 Å². The number of rotatable bonds is 2. The van der Waals surface area contributed by atoms with Crippen molar-refractivity contribution in [3.8, 4) is 0 Å². The summed E-state index contributed by atoms with van der Waals surface area (Å²) in [6, 6.07) is 0. The fourth-order valence-electron chi connectivity index (χ4n) is 0.104. The van der Waals surface area contributed by atoms with E-state index in [1.807, 2.05) is 0 Å². The van der Waals surface area contributed by atoms with E-state index >= 15 is 0 Å². The summed E-state index contributed by atoms with van der Waals surface area (Å²) in [5.74, 6) is 0. The Morgan fingerprint density at radius 1 is 1.67 bits per heavy atom. The maximum Gasteiger partial charge on any atom is 0.0310 e. The lowest BCUT2D eigenvalue weighted by atomic mass is 10.6. The summed E-state index contributed by atoms with van der Waals surface area (Å²) < 4.78 is 3.48. The molecule has 0 bridgehead atoms. The summed E-state index contributed by atoms with van der Waals surface area (Å²) in [6.45, 7) is 3.43. The van der Waals surface area contributed by atoms with Gasteiger partial charge in [-0.05, 0) is 15.1 Å². The molecule has 0 aromatic heterocycles. The Bertz CT molecular complexity index is 65.6. The lowest BCUT2D eigenvalue weighted by molar-refractivity contribution is 1.65. The number of nitrogens with zero attached hydrogens (tertiary/aromatic N) is 1. The first-order valence-electron chi connectivity index (χ1n) is 1.56. The van der Waals surface area contributed by atoms with Gasteiger partial charge in [0, 0.05) is 6.20 Å². The molecule has 0 saturated carbocycles. The summed E-state index contributed by atoms with van der Waals surface area (Å²) in [5.41, 5.74) is 0. The zero-order valence-corrected chi connectivity index (χ0v) is 4.39. The van der Waals surface area contributed by atoms with Crippen molar-refractivity contribution in [2.45, 2.75) is 0 Å². The van der Waals surface area contributed by atoms with E-state index in [1.165, 1.54) is 0 Å². The minimum absolute atomic E-state index is 1.60. The van der Waals surface area contributed by atoms with Crippen LogP contribution in [0.1, 0.15) is 0 Å². The average Bonchev–Trinajstić information content (AvgIpc) is 1.61. The van der Waals surface area contributed by atoms with Crippen molar-refractivity contribution >= 4 is 9.03 Å². The maximum atomic E-state index is 3.48. The van der Waals surface area contributed by atoms with E-state index in [4.69, 9.17) is 0 Å². The maximum absolute atomic E-state index is 3.48. The van der Waals surface area contributed by atoms with Gasteiger partial charge < -0.3 is 0 Å². The third-order valence-electron chi connectivity index (χ3n) is 0.297. The van der Waals surface area contributed by atoms with Crippen molar-refractivity contribution in [2.24, 2.45) is 4.74 Å². The Labute approximate surface area is 39.7 Å². The van der Waals surface area contributed by atoms with Crippen LogP contribution in [0.3, 0.4) is 0 Å². The minimum Gasteiger partial charge on any atom is -0.244 e. The summed E-state index contributed by atoms with van der Waals surface area (Å²) in [6.07, 6.45) is 4.99. The van der Waals surface area contributed by atoms with Gasteiger partial charge >= 0.3 is 0 Å². The van der Waals surface area contributed by atoms with Gasteiger partial charge in [0.05, 0.1) is 0 Å². The first-order chi connectivity index (χ1) is 2.91. The molecule has 0 aromatic rings. The van der Waals surface area contributed by atoms with E-state index in [-0.39, 0.29) is 0 Å². The van der Waals surface area contributed by atoms with Crippen LogP contribution >= 0.6 is 9.03 Å². The average molecular weight is 99.1 g/mol. The molecule has 0 spiro atoms. The predicted molar refractivity (Wildman–Crippen MR) is 30.1 cm³/mol. The molecule has 0 aliphatic carbocycles. The van der Waals surface area contributed by atoms with Gasteiger partial charge in [-0.15, -0.1) is 0 Å². The Morgan fingerprint density at radius 3 is 2.50 bits per heavy atom. The van der Waals surface area contributed by atoms with Crippen LogP contribution in [0.2, 0.25) is 0 Å². The van der Waals surface area contributed by atoms with E-state index in [2.05, 4.69) is 20.4 Å². The highest BCUT2D eigenvalue weighted by Gasteiger charge is 1.47. The SMILES string of the molecule is C=C/C=C/N=P. The molecule has 0 atom stereocenters. The molecule has 0 aromatic carbocycles. The second-order valence-corrected chi connectivity index (χ2v) is 0.965. The third kappa shape index (κ3) is 3.58. The summed E-state index contributed by atoms with van der Waals surface area (Å²) in [7, 11) is 2.88. The zero-order chi connectivity index (χ0) is 4.83. The molecule has 1 nitrogen and oxygen atoms in total. The van der Waals surface area contributed by atoms with Crippen LogP contribution < -0.4 is 0 Å². The normalized spacial score (nSPS) is 8.67. The predicted octanol–water partition coefficient (Wildman–Crippen LogP) is 2.01. The highest BCUT2D eigenvalue weighted by Crippen LogP contribution is 1.76. The van der Waals surface area contributed by atoms with Gasteiger partial charge in [0.15, 0.2) is 0 Å². The zero-order valence-electron chi connectivity index (χ0n) is 3.39. The molecule has 0 aliphatic rings. The number of hydrogen-bond acceptors (Lipinski definition) is 1. The molecule has 6 heavy (non-hydrogen) atoms. The number of hydrogen-bond donors (Lipinski definition) is 0. The first kappa shape index (κ1) is 5.58. The Hall–Kier alpha value is -0.420. The quantitative estimate of drug-likeness (QED) is 0.371. The molecule has 0 heterocycles. The molecule has 0 aliphatic heterocycles. The van der Waals surface area contributed by atoms with E-state index in [1.54, 1.807) is 18.4 Å². The summed E-state index contributed by atoms with van der Waals surface area (Å²) in [4.78, 5) is 0. The van der Waals surface area contributed by atoms with E-state index in [0.717, 1.165) is 0 Å². The van der Waals surface area contributed by atoms with E-state index in [0.29, 0.717) is 0 Å². The van der Waals surface area contributed by atoms with Crippen molar-refractivity contribution < 1.29 is 0 Å². The highest BCUT2D eigenvalue weighted by atomic mass is 31.0. The lowest BCUT2D eigenvalue weighted by Crippen LogP contribution is -1.36. The summed E-state index contributed by atoms with van der Waals surface area (Å²) in [5, 5.41) is 0. The fraction of sp³-hybridized carbons (Fsp3) is 0. The molecule has 2 heteroatoms. The molecule has 0 rings (SSSR count). The van der Waals surface area contributed by atoms with Gasteiger partial charge in [0.2, 0.25) is 0 Å². The van der Waals surface area contributed by atoms with Gasteiger partial charge in [-0.2, -0.15) is 0 Å². The van der Waals surface area contributed by atoms with Gasteiger partial charge in [-0.1, -0.05) is 12.7 Å². The topological polar surface area (TPSA) is 12.4 Å². The highest BCUT2D eigenvalue weighted by molar-refractivity contribution is 7.04. The van der Waals surface area contributed by atoms with Crippen LogP contribution in [0.25, 0.3) is 0 Å². The van der Waals surface area contributed by atoms with Crippen LogP contribution in [0.4, 0.5) is 0 Å². The number of allylic oxidation sites excluding steroid dienone is 2. The molecule has 0 amide bonds. The molecule has 0 N–H and O–H groups in total. The van der Waals surface area contributed by atoms with E-state index in [9.17, 15) is 0 Å². The smallest absolute Gasteiger partial charge is 0.0310 e. The van der Waals surface area contributed by atoms with Gasteiger partial charge in [-0.25, -0.2) is 4.74 Å². The largest absolute Gasteiger partial charge is 0.244 e. The molecule has 0 saturated heterocycles.